The molecule has 2 rings (SSSR count). The van der Waals surface area contributed by atoms with Gasteiger partial charge in [-0.15, -0.1) is 0 Å². The van der Waals surface area contributed by atoms with Gasteiger partial charge in [0.2, 0.25) is 0 Å². The van der Waals surface area contributed by atoms with E-state index in [9.17, 15) is 5.11 Å². The Hall–Kier alpha value is -0.960. The van der Waals surface area contributed by atoms with Gasteiger partial charge in [0.1, 0.15) is 5.75 Å². The van der Waals surface area contributed by atoms with Crippen molar-refractivity contribution in [1.29, 1.82) is 0 Å². The van der Waals surface area contributed by atoms with Gasteiger partial charge < -0.3 is 10.1 Å². The van der Waals surface area contributed by atoms with E-state index < -0.39 is 0 Å². The Morgan fingerprint density at radius 3 is 2.83 bits per heavy atom. The van der Waals surface area contributed by atoms with Crippen LogP contribution in [0, 0.1) is 6.92 Å². The number of benzene rings is 1. The van der Waals surface area contributed by atoms with Gasteiger partial charge in [0.05, 0.1) is 4.47 Å². The van der Waals surface area contributed by atoms with Gasteiger partial charge in [0.25, 0.3) is 0 Å². The van der Waals surface area contributed by atoms with E-state index in [0.29, 0.717) is 0 Å². The highest BCUT2D eigenvalue weighted by atomic mass is 79.9. The molecule has 62 valence electrons. The number of hydrogen-bond donors (Lipinski definition) is 2. The second kappa shape index (κ2) is 2.52. The number of rotatable bonds is 0. The summed E-state index contributed by atoms with van der Waals surface area (Å²) in [5.41, 5.74) is 2.14. The molecule has 0 aliphatic rings. The first-order valence-electron chi connectivity index (χ1n) is 3.64. The van der Waals surface area contributed by atoms with Crippen LogP contribution in [0.1, 0.15) is 5.69 Å². The molecule has 0 saturated carbocycles. The van der Waals surface area contributed by atoms with E-state index in [1.807, 2.05) is 19.1 Å². The average Bonchev–Trinajstić information content (AvgIpc) is 2.30. The van der Waals surface area contributed by atoms with Gasteiger partial charge in [-0.3, -0.25) is 0 Å². The zero-order valence-corrected chi connectivity index (χ0v) is 8.14. The van der Waals surface area contributed by atoms with Crippen LogP contribution in [0.3, 0.4) is 0 Å². The van der Waals surface area contributed by atoms with Crippen molar-refractivity contribution in [3.05, 3.63) is 28.4 Å². The maximum absolute atomic E-state index is 9.37. The van der Waals surface area contributed by atoms with Crippen LogP contribution in [-0.4, -0.2) is 10.1 Å². The van der Waals surface area contributed by atoms with Crippen LogP contribution in [0.4, 0.5) is 0 Å². The highest BCUT2D eigenvalue weighted by Crippen LogP contribution is 2.29. The molecule has 1 heterocycles. The van der Waals surface area contributed by atoms with Crippen molar-refractivity contribution in [2.24, 2.45) is 0 Å². The quantitative estimate of drug-likeness (QED) is 0.711. The molecule has 12 heavy (non-hydrogen) atoms. The maximum atomic E-state index is 9.37. The van der Waals surface area contributed by atoms with E-state index in [-0.39, 0.29) is 5.75 Å². The monoisotopic (exact) mass is 225 g/mol. The van der Waals surface area contributed by atoms with E-state index in [1.54, 1.807) is 6.07 Å². The third-order valence-electron chi connectivity index (χ3n) is 1.82. The smallest absolute Gasteiger partial charge is 0.130 e. The molecule has 3 heteroatoms. The van der Waals surface area contributed by atoms with Crippen molar-refractivity contribution in [3.63, 3.8) is 0 Å². The second-order valence-corrected chi connectivity index (χ2v) is 3.70. The fourth-order valence-electron chi connectivity index (χ4n) is 1.29. The number of aromatic hydroxyl groups is 1. The standard InChI is InChI=1S/C9H8BrNO/c1-5-2-6-3-9(12)7(10)4-8(6)11-5/h2-4,11-12H,1H3. The first-order chi connectivity index (χ1) is 5.66. The molecule has 0 saturated heterocycles. The number of phenolic OH excluding ortho intramolecular Hbond substituents is 1. The van der Waals surface area contributed by atoms with Crippen molar-refractivity contribution in [3.8, 4) is 5.75 Å². The van der Waals surface area contributed by atoms with E-state index in [1.165, 1.54) is 0 Å². The number of halogens is 1. The molecule has 0 aliphatic heterocycles. The molecule has 2 N–H and O–H groups in total. The van der Waals surface area contributed by atoms with Gasteiger partial charge >= 0.3 is 0 Å². The zero-order valence-electron chi connectivity index (χ0n) is 6.56. The number of aromatic nitrogens is 1. The summed E-state index contributed by atoms with van der Waals surface area (Å²) in [6.07, 6.45) is 0. The summed E-state index contributed by atoms with van der Waals surface area (Å²) in [7, 11) is 0. The first kappa shape index (κ1) is 7.68. The number of hydrogen-bond acceptors (Lipinski definition) is 1. The van der Waals surface area contributed by atoms with Crippen LogP contribution >= 0.6 is 15.9 Å². The summed E-state index contributed by atoms with van der Waals surface area (Å²) in [5.74, 6) is 0.279. The van der Waals surface area contributed by atoms with Crippen LogP contribution in [0.5, 0.6) is 5.75 Å². The Bertz CT molecular complexity index is 394. The molecule has 1 aromatic heterocycles. The molecule has 0 unspecified atom stereocenters. The highest BCUT2D eigenvalue weighted by Gasteiger charge is 2.02. The van der Waals surface area contributed by atoms with E-state index in [2.05, 4.69) is 20.9 Å². The van der Waals surface area contributed by atoms with Crippen molar-refractivity contribution >= 4 is 26.8 Å². The van der Waals surface area contributed by atoms with Gasteiger partial charge in [0.15, 0.2) is 0 Å². The van der Waals surface area contributed by atoms with Crippen molar-refractivity contribution in [1.82, 2.24) is 4.98 Å². The lowest BCUT2D eigenvalue weighted by atomic mass is 10.2. The Kier molecular flexibility index (Phi) is 1.61. The summed E-state index contributed by atoms with van der Waals surface area (Å²) in [4.78, 5) is 3.19. The molecular formula is C9H8BrNO. The number of fused-ring (bicyclic) bond motifs is 1. The van der Waals surface area contributed by atoms with Gasteiger partial charge in [-0.1, -0.05) is 0 Å². The van der Waals surface area contributed by atoms with Crippen molar-refractivity contribution in [2.45, 2.75) is 6.92 Å². The van der Waals surface area contributed by atoms with Crippen LogP contribution < -0.4 is 0 Å². The Morgan fingerprint density at radius 1 is 1.33 bits per heavy atom. The maximum Gasteiger partial charge on any atom is 0.130 e. The van der Waals surface area contributed by atoms with Crippen LogP contribution in [0.2, 0.25) is 0 Å². The number of aryl methyl sites for hydroxylation is 1. The third-order valence-corrected chi connectivity index (χ3v) is 2.46. The predicted octanol–water partition coefficient (Wildman–Crippen LogP) is 2.94. The van der Waals surface area contributed by atoms with Crippen LogP contribution in [-0.2, 0) is 0 Å². The molecule has 0 amide bonds. The Balaban J connectivity index is 2.83. The van der Waals surface area contributed by atoms with E-state index in [4.69, 9.17) is 0 Å². The molecule has 1 aromatic carbocycles. The van der Waals surface area contributed by atoms with Gasteiger partial charge in [-0.2, -0.15) is 0 Å². The fraction of sp³-hybridized carbons (Fsp3) is 0.111. The third kappa shape index (κ3) is 1.10. The topological polar surface area (TPSA) is 36.0 Å². The minimum atomic E-state index is 0.279. The molecule has 0 aliphatic carbocycles. The number of H-pyrrole nitrogens is 1. The number of nitrogens with one attached hydrogen (secondary N) is 1. The lowest BCUT2D eigenvalue weighted by Crippen LogP contribution is -1.70. The summed E-state index contributed by atoms with van der Waals surface area (Å²) < 4.78 is 0.719. The number of aromatic amines is 1. The Morgan fingerprint density at radius 2 is 2.08 bits per heavy atom. The first-order valence-corrected chi connectivity index (χ1v) is 4.44. The number of phenols is 1. The Labute approximate surface area is 78.3 Å². The SMILES string of the molecule is Cc1cc2cc(O)c(Br)cc2[nH]1. The highest BCUT2D eigenvalue weighted by molar-refractivity contribution is 9.10. The zero-order chi connectivity index (χ0) is 8.72. The molecule has 0 radical (unpaired) electrons. The van der Waals surface area contributed by atoms with Gasteiger partial charge in [-0.05, 0) is 41.1 Å². The second-order valence-electron chi connectivity index (χ2n) is 2.84. The minimum absolute atomic E-state index is 0.279. The molecule has 0 bridgehead atoms. The summed E-state index contributed by atoms with van der Waals surface area (Å²) in [5, 5.41) is 10.4. The van der Waals surface area contributed by atoms with Gasteiger partial charge in [0, 0.05) is 16.6 Å². The van der Waals surface area contributed by atoms with Gasteiger partial charge in [-0.25, -0.2) is 0 Å². The molecular weight excluding hydrogens is 218 g/mol. The largest absolute Gasteiger partial charge is 0.507 e. The van der Waals surface area contributed by atoms with Crippen LogP contribution in [0.15, 0.2) is 22.7 Å². The molecule has 2 aromatic rings. The van der Waals surface area contributed by atoms with E-state index >= 15 is 0 Å². The summed E-state index contributed by atoms with van der Waals surface area (Å²) in [6.45, 7) is 1.99. The predicted molar refractivity (Wildman–Crippen MR) is 52.4 cm³/mol. The summed E-state index contributed by atoms with van der Waals surface area (Å²) >= 11 is 3.26. The van der Waals surface area contributed by atoms with Crippen molar-refractivity contribution in [2.75, 3.05) is 0 Å². The lowest BCUT2D eigenvalue weighted by molar-refractivity contribution is 0.473. The minimum Gasteiger partial charge on any atom is -0.507 e. The molecule has 0 fully saturated rings. The van der Waals surface area contributed by atoms with Crippen molar-refractivity contribution < 1.29 is 5.11 Å². The lowest BCUT2D eigenvalue weighted by Gasteiger charge is -1.95. The molecule has 2 nitrogen and oxygen atoms in total. The summed E-state index contributed by atoms with van der Waals surface area (Å²) in [6, 6.07) is 5.61. The molecule has 0 spiro atoms. The van der Waals surface area contributed by atoms with E-state index in [0.717, 1.165) is 21.1 Å². The fourth-order valence-corrected chi connectivity index (χ4v) is 1.63. The normalized spacial score (nSPS) is 10.8. The molecule has 0 atom stereocenters. The average molecular weight is 226 g/mol. The van der Waals surface area contributed by atoms with Crippen LogP contribution in [0.25, 0.3) is 10.9 Å².